The Morgan fingerprint density at radius 1 is 1.12 bits per heavy atom. The molecule has 34 heavy (non-hydrogen) atoms. The van der Waals surface area contributed by atoms with E-state index in [9.17, 15) is 5.11 Å². The summed E-state index contributed by atoms with van der Waals surface area (Å²) >= 11 is 0. The van der Waals surface area contributed by atoms with Crippen LogP contribution in [-0.2, 0) is 13.0 Å². The lowest BCUT2D eigenvalue weighted by atomic mass is 10.1. The second-order valence-corrected chi connectivity index (χ2v) is 9.24. The fourth-order valence-corrected chi connectivity index (χ4v) is 4.70. The minimum atomic E-state index is 0.290. The monoisotopic (exact) mass is 459 g/mol. The molecule has 2 aromatic carbocycles. The van der Waals surface area contributed by atoms with E-state index in [2.05, 4.69) is 58.3 Å². The third-order valence-corrected chi connectivity index (χ3v) is 6.81. The highest BCUT2D eigenvalue weighted by molar-refractivity contribution is 5.60. The van der Waals surface area contributed by atoms with E-state index in [4.69, 9.17) is 4.98 Å². The van der Waals surface area contributed by atoms with Crippen LogP contribution >= 0.6 is 0 Å². The molecular formula is C28H37N5O. The molecule has 180 valence electrons. The number of nitrogens with one attached hydrogen (secondary N) is 1. The second kappa shape index (κ2) is 12.0. The standard InChI is InChI=1S/C28H37N5O/c1-3-33(19-15-25-8-5-18-32(25)2)21-23-6-4-7-24(20-23)27-14-17-30-28(31-27)29-16-13-22-9-11-26(34)12-10-22/h4,6-7,9-12,14,17,20,25,34H,3,5,8,13,15-16,18-19,21H2,1-2H3,(H,29,30,31)/t25-/m1/s1. The Balaban J connectivity index is 1.34. The maximum absolute atomic E-state index is 9.42. The number of benzene rings is 2. The van der Waals surface area contributed by atoms with Gasteiger partial charge in [0.25, 0.3) is 0 Å². The Labute approximate surface area is 203 Å². The van der Waals surface area contributed by atoms with Crippen molar-refractivity contribution in [1.82, 2.24) is 19.8 Å². The van der Waals surface area contributed by atoms with E-state index in [-0.39, 0.29) is 0 Å². The Hall–Kier alpha value is -2.96. The average Bonchev–Trinajstić information content (AvgIpc) is 3.28. The van der Waals surface area contributed by atoms with Crippen molar-refractivity contribution < 1.29 is 5.11 Å². The molecule has 0 amide bonds. The van der Waals surface area contributed by atoms with Crippen molar-refractivity contribution >= 4 is 5.95 Å². The van der Waals surface area contributed by atoms with Gasteiger partial charge in [0.1, 0.15) is 5.75 Å². The smallest absolute Gasteiger partial charge is 0.223 e. The van der Waals surface area contributed by atoms with Gasteiger partial charge in [0, 0.05) is 30.9 Å². The van der Waals surface area contributed by atoms with Gasteiger partial charge in [0.15, 0.2) is 0 Å². The van der Waals surface area contributed by atoms with Crippen LogP contribution in [0.15, 0.2) is 60.8 Å². The summed E-state index contributed by atoms with van der Waals surface area (Å²) in [6, 6.07) is 18.7. The molecule has 3 aromatic rings. The molecule has 2 N–H and O–H groups in total. The number of hydrogen-bond donors (Lipinski definition) is 2. The van der Waals surface area contributed by atoms with E-state index in [1.54, 1.807) is 12.1 Å². The highest BCUT2D eigenvalue weighted by atomic mass is 16.3. The minimum absolute atomic E-state index is 0.290. The third kappa shape index (κ3) is 6.78. The highest BCUT2D eigenvalue weighted by Crippen LogP contribution is 2.22. The number of rotatable bonds is 11. The van der Waals surface area contributed by atoms with E-state index in [1.165, 1.54) is 31.4 Å². The molecule has 1 fully saturated rings. The van der Waals surface area contributed by atoms with Crippen LogP contribution in [0.3, 0.4) is 0 Å². The first kappa shape index (κ1) is 24.2. The number of nitrogens with zero attached hydrogens (tertiary/aromatic N) is 4. The van der Waals surface area contributed by atoms with E-state index in [0.29, 0.717) is 11.7 Å². The van der Waals surface area contributed by atoms with Gasteiger partial charge in [-0.2, -0.15) is 0 Å². The fraction of sp³-hybridized carbons (Fsp3) is 0.429. The zero-order valence-corrected chi connectivity index (χ0v) is 20.5. The van der Waals surface area contributed by atoms with Crippen LogP contribution in [0.5, 0.6) is 5.75 Å². The Morgan fingerprint density at radius 3 is 2.74 bits per heavy atom. The molecule has 0 radical (unpaired) electrons. The molecule has 1 saturated heterocycles. The number of likely N-dealkylation sites (tertiary alicyclic amines) is 1. The number of phenolic OH excluding ortho intramolecular Hbond substituents is 1. The first-order valence-electron chi connectivity index (χ1n) is 12.5. The molecule has 1 aliphatic rings. The number of anilines is 1. The largest absolute Gasteiger partial charge is 0.508 e. The number of hydrogen-bond acceptors (Lipinski definition) is 6. The van der Waals surface area contributed by atoms with Crippen molar-refractivity contribution in [1.29, 1.82) is 0 Å². The molecule has 2 heterocycles. The molecule has 1 aromatic heterocycles. The lowest BCUT2D eigenvalue weighted by molar-refractivity contribution is 0.225. The molecule has 0 aliphatic carbocycles. The highest BCUT2D eigenvalue weighted by Gasteiger charge is 2.21. The van der Waals surface area contributed by atoms with Crippen molar-refractivity contribution in [2.45, 2.75) is 45.2 Å². The van der Waals surface area contributed by atoms with Gasteiger partial charge in [0.05, 0.1) is 5.69 Å². The van der Waals surface area contributed by atoms with Crippen LogP contribution in [0.4, 0.5) is 5.95 Å². The Bertz CT molecular complexity index is 1040. The maximum Gasteiger partial charge on any atom is 0.223 e. The molecular weight excluding hydrogens is 422 g/mol. The maximum atomic E-state index is 9.42. The van der Waals surface area contributed by atoms with Crippen LogP contribution in [-0.4, -0.2) is 64.1 Å². The summed E-state index contributed by atoms with van der Waals surface area (Å²) < 4.78 is 0. The lowest BCUT2D eigenvalue weighted by Crippen LogP contribution is -2.31. The Kier molecular flexibility index (Phi) is 8.50. The summed E-state index contributed by atoms with van der Waals surface area (Å²) in [5.74, 6) is 0.927. The van der Waals surface area contributed by atoms with Gasteiger partial charge in [-0.15, -0.1) is 0 Å². The van der Waals surface area contributed by atoms with Gasteiger partial charge < -0.3 is 15.3 Å². The van der Waals surface area contributed by atoms with Crippen molar-refractivity contribution in [3.8, 4) is 17.0 Å². The van der Waals surface area contributed by atoms with Crippen LogP contribution in [0.2, 0.25) is 0 Å². The van der Waals surface area contributed by atoms with Crippen LogP contribution < -0.4 is 5.32 Å². The normalized spacial score (nSPS) is 16.3. The average molecular weight is 460 g/mol. The zero-order chi connectivity index (χ0) is 23.8. The third-order valence-electron chi connectivity index (χ3n) is 6.81. The summed E-state index contributed by atoms with van der Waals surface area (Å²) in [4.78, 5) is 14.2. The van der Waals surface area contributed by atoms with E-state index < -0.39 is 0 Å². The van der Waals surface area contributed by atoms with Gasteiger partial charge in [0.2, 0.25) is 5.95 Å². The predicted octanol–water partition coefficient (Wildman–Crippen LogP) is 4.81. The summed E-state index contributed by atoms with van der Waals surface area (Å²) in [6.07, 6.45) is 6.57. The molecule has 0 saturated carbocycles. The summed E-state index contributed by atoms with van der Waals surface area (Å²) in [7, 11) is 2.26. The van der Waals surface area contributed by atoms with Crippen LogP contribution in [0.25, 0.3) is 11.3 Å². The van der Waals surface area contributed by atoms with E-state index in [0.717, 1.165) is 55.5 Å². The van der Waals surface area contributed by atoms with Crippen LogP contribution in [0.1, 0.15) is 37.3 Å². The summed E-state index contributed by atoms with van der Waals surface area (Å²) in [6.45, 7) is 7.38. The van der Waals surface area contributed by atoms with Gasteiger partial charge in [-0.05, 0) is 87.8 Å². The Morgan fingerprint density at radius 2 is 1.97 bits per heavy atom. The van der Waals surface area contributed by atoms with Crippen molar-refractivity contribution in [2.75, 3.05) is 38.5 Å². The predicted molar refractivity (Wildman–Crippen MR) is 139 cm³/mol. The van der Waals surface area contributed by atoms with Crippen LogP contribution in [0, 0.1) is 0 Å². The molecule has 0 bridgehead atoms. The minimum Gasteiger partial charge on any atom is -0.508 e. The summed E-state index contributed by atoms with van der Waals surface area (Å²) in [5, 5.41) is 12.7. The molecule has 4 rings (SSSR count). The molecule has 0 unspecified atom stereocenters. The fourth-order valence-electron chi connectivity index (χ4n) is 4.70. The van der Waals surface area contributed by atoms with Crippen molar-refractivity contribution in [2.24, 2.45) is 0 Å². The van der Waals surface area contributed by atoms with E-state index in [1.807, 2.05) is 24.4 Å². The van der Waals surface area contributed by atoms with Gasteiger partial charge >= 0.3 is 0 Å². The number of aromatic nitrogens is 2. The van der Waals surface area contributed by atoms with Gasteiger partial charge in [-0.3, -0.25) is 4.90 Å². The number of aromatic hydroxyl groups is 1. The first-order valence-corrected chi connectivity index (χ1v) is 12.5. The molecule has 6 heteroatoms. The van der Waals surface area contributed by atoms with Crippen molar-refractivity contribution in [3.05, 3.63) is 71.9 Å². The molecule has 1 aliphatic heterocycles. The van der Waals surface area contributed by atoms with Crippen molar-refractivity contribution in [3.63, 3.8) is 0 Å². The topological polar surface area (TPSA) is 64.5 Å². The SMILES string of the molecule is CCN(CC[C@H]1CCCN1C)Cc1cccc(-c2ccnc(NCCc3ccc(O)cc3)n2)c1. The quantitative estimate of drug-likeness (QED) is 0.429. The first-order chi connectivity index (χ1) is 16.6. The molecule has 0 spiro atoms. The van der Waals surface area contributed by atoms with E-state index >= 15 is 0 Å². The lowest BCUT2D eigenvalue weighted by Gasteiger charge is -2.25. The second-order valence-electron chi connectivity index (χ2n) is 9.24. The zero-order valence-electron chi connectivity index (χ0n) is 20.5. The number of phenols is 1. The molecule has 1 atom stereocenters. The summed E-state index contributed by atoms with van der Waals surface area (Å²) in [5.41, 5.74) is 4.53. The van der Waals surface area contributed by atoms with Gasteiger partial charge in [-0.1, -0.05) is 37.3 Å². The molecule has 6 nitrogen and oxygen atoms in total. The van der Waals surface area contributed by atoms with Gasteiger partial charge in [-0.25, -0.2) is 9.97 Å².